The molecule has 0 aliphatic heterocycles. The highest BCUT2D eigenvalue weighted by Gasteiger charge is 1.97. The average molecular weight is 187 g/mol. The van der Waals surface area contributed by atoms with Gasteiger partial charge in [0.1, 0.15) is 0 Å². The number of rotatable bonds is 3. The van der Waals surface area contributed by atoms with Crippen LogP contribution in [0.5, 0.6) is 0 Å². The Morgan fingerprint density at radius 2 is 2.29 bits per heavy atom. The van der Waals surface area contributed by atoms with Crippen LogP contribution in [-0.4, -0.2) is 4.98 Å². The summed E-state index contributed by atoms with van der Waals surface area (Å²) in [4.78, 5) is 4.07. The minimum atomic E-state index is 1.01. The van der Waals surface area contributed by atoms with Crippen LogP contribution in [0.25, 0.3) is 6.08 Å². The minimum Gasteiger partial charge on any atom is -0.264 e. The number of aromatic nitrogens is 1. The van der Waals surface area contributed by atoms with Gasteiger partial charge in [0.2, 0.25) is 0 Å². The first kappa shape index (κ1) is 10.7. The van der Waals surface area contributed by atoms with Crippen LogP contribution in [0, 0.1) is 6.92 Å². The van der Waals surface area contributed by atoms with Gasteiger partial charge in [-0.15, -0.1) is 0 Å². The van der Waals surface area contributed by atoms with E-state index < -0.39 is 0 Å². The predicted molar refractivity (Wildman–Crippen MR) is 62.1 cm³/mol. The van der Waals surface area contributed by atoms with Gasteiger partial charge < -0.3 is 0 Å². The summed E-state index contributed by atoms with van der Waals surface area (Å²) < 4.78 is 0. The molecule has 1 heteroatoms. The quantitative estimate of drug-likeness (QED) is 0.656. The van der Waals surface area contributed by atoms with E-state index in [-0.39, 0.29) is 0 Å². The molecule has 0 aliphatic carbocycles. The van der Waals surface area contributed by atoms with Crippen molar-refractivity contribution in [1.29, 1.82) is 0 Å². The Hall–Kier alpha value is -1.37. The van der Waals surface area contributed by atoms with Crippen molar-refractivity contribution in [2.75, 3.05) is 0 Å². The van der Waals surface area contributed by atoms with Crippen LogP contribution in [0.1, 0.15) is 31.4 Å². The number of pyridine rings is 1. The zero-order valence-corrected chi connectivity index (χ0v) is 9.17. The van der Waals surface area contributed by atoms with Crippen molar-refractivity contribution in [2.45, 2.75) is 27.2 Å². The smallest absolute Gasteiger partial charge is 0.0303 e. The van der Waals surface area contributed by atoms with Crippen LogP contribution in [0.2, 0.25) is 0 Å². The molecule has 0 atom stereocenters. The summed E-state index contributed by atoms with van der Waals surface area (Å²) >= 11 is 0. The third kappa shape index (κ3) is 2.56. The normalized spacial score (nSPS) is 11.5. The minimum absolute atomic E-state index is 1.01. The highest BCUT2D eigenvalue weighted by Crippen LogP contribution is 2.16. The van der Waals surface area contributed by atoms with Crippen LogP contribution in [0.4, 0.5) is 0 Å². The molecule has 1 aromatic rings. The van der Waals surface area contributed by atoms with Gasteiger partial charge in [-0.2, -0.15) is 0 Å². The van der Waals surface area contributed by atoms with Crippen LogP contribution in [-0.2, 0) is 0 Å². The molecule has 0 fully saturated rings. The second kappa shape index (κ2) is 4.75. The van der Waals surface area contributed by atoms with E-state index in [0.717, 1.165) is 6.42 Å². The van der Waals surface area contributed by atoms with E-state index in [9.17, 15) is 0 Å². The van der Waals surface area contributed by atoms with E-state index in [1.165, 1.54) is 22.3 Å². The number of nitrogens with zero attached hydrogens (tertiary/aromatic N) is 1. The van der Waals surface area contributed by atoms with Crippen molar-refractivity contribution in [3.8, 4) is 0 Å². The van der Waals surface area contributed by atoms with Crippen molar-refractivity contribution >= 4 is 6.08 Å². The number of hydrogen-bond acceptors (Lipinski definition) is 1. The first-order valence-corrected chi connectivity index (χ1v) is 4.92. The van der Waals surface area contributed by atoms with Gasteiger partial charge in [0, 0.05) is 12.4 Å². The Kier molecular flexibility index (Phi) is 3.63. The van der Waals surface area contributed by atoms with E-state index in [2.05, 4.69) is 38.4 Å². The van der Waals surface area contributed by atoms with Gasteiger partial charge in [0.15, 0.2) is 0 Å². The lowest BCUT2D eigenvalue weighted by atomic mass is 10.0. The summed E-state index contributed by atoms with van der Waals surface area (Å²) in [5.41, 5.74) is 4.88. The molecular weight excluding hydrogens is 170 g/mol. The third-order valence-electron chi connectivity index (χ3n) is 2.42. The van der Waals surface area contributed by atoms with Crippen molar-refractivity contribution in [1.82, 2.24) is 4.98 Å². The van der Waals surface area contributed by atoms with Crippen molar-refractivity contribution in [2.24, 2.45) is 0 Å². The van der Waals surface area contributed by atoms with Gasteiger partial charge in [-0.3, -0.25) is 4.98 Å². The molecule has 0 aliphatic rings. The second-order valence-corrected chi connectivity index (χ2v) is 3.52. The summed E-state index contributed by atoms with van der Waals surface area (Å²) in [6.07, 6.45) is 6.88. The molecule has 0 bridgehead atoms. The van der Waals surface area contributed by atoms with Crippen molar-refractivity contribution in [3.05, 3.63) is 47.3 Å². The molecule has 1 heterocycles. The van der Waals surface area contributed by atoms with Crippen LogP contribution < -0.4 is 0 Å². The third-order valence-corrected chi connectivity index (χ3v) is 2.42. The summed E-state index contributed by atoms with van der Waals surface area (Å²) in [5, 5.41) is 0. The lowest BCUT2D eigenvalue weighted by molar-refractivity contribution is 1.12. The molecule has 0 radical (unpaired) electrons. The van der Waals surface area contributed by atoms with Gasteiger partial charge in [0.05, 0.1) is 0 Å². The first-order chi connectivity index (χ1) is 6.65. The lowest BCUT2D eigenvalue weighted by Gasteiger charge is -2.04. The zero-order valence-electron chi connectivity index (χ0n) is 9.17. The molecule has 0 aromatic carbocycles. The molecule has 0 amide bonds. The van der Waals surface area contributed by atoms with E-state index in [1.54, 1.807) is 0 Å². The first-order valence-electron chi connectivity index (χ1n) is 4.92. The highest BCUT2D eigenvalue weighted by molar-refractivity contribution is 5.59. The SMILES string of the molecule is C=C(CC)C(C)=Cc1ccncc1C. The Morgan fingerprint density at radius 3 is 2.86 bits per heavy atom. The molecule has 0 N–H and O–H groups in total. The molecule has 14 heavy (non-hydrogen) atoms. The van der Waals surface area contributed by atoms with E-state index >= 15 is 0 Å². The van der Waals surface area contributed by atoms with Crippen LogP contribution in [0.15, 0.2) is 36.2 Å². The van der Waals surface area contributed by atoms with Crippen molar-refractivity contribution in [3.63, 3.8) is 0 Å². The molecular formula is C13H17N. The fourth-order valence-electron chi connectivity index (χ4n) is 1.26. The summed E-state index contributed by atoms with van der Waals surface area (Å²) in [7, 11) is 0. The van der Waals surface area contributed by atoms with Gasteiger partial charge >= 0.3 is 0 Å². The molecule has 74 valence electrons. The van der Waals surface area contributed by atoms with Crippen molar-refractivity contribution < 1.29 is 0 Å². The van der Waals surface area contributed by atoms with Gasteiger partial charge in [-0.1, -0.05) is 25.2 Å². The van der Waals surface area contributed by atoms with Gasteiger partial charge in [-0.05, 0) is 43.0 Å². The van der Waals surface area contributed by atoms with Gasteiger partial charge in [0.25, 0.3) is 0 Å². The van der Waals surface area contributed by atoms with Gasteiger partial charge in [-0.25, -0.2) is 0 Å². The maximum Gasteiger partial charge on any atom is 0.0303 e. The standard InChI is InChI=1S/C13H17N/c1-5-10(2)11(3)8-13-6-7-14-9-12(13)4/h6-9H,2,5H2,1,3-4H3. The molecule has 0 unspecified atom stereocenters. The predicted octanol–water partition coefficient (Wildman–Crippen LogP) is 3.76. The Bertz CT molecular complexity index is 361. The maximum absolute atomic E-state index is 4.07. The fourth-order valence-corrected chi connectivity index (χ4v) is 1.26. The molecule has 1 nitrogen and oxygen atoms in total. The lowest BCUT2D eigenvalue weighted by Crippen LogP contribution is -1.85. The summed E-state index contributed by atoms with van der Waals surface area (Å²) in [6.45, 7) is 10.3. The number of hydrogen-bond donors (Lipinski definition) is 0. The Morgan fingerprint density at radius 1 is 1.57 bits per heavy atom. The molecule has 0 saturated heterocycles. The zero-order chi connectivity index (χ0) is 10.6. The summed E-state index contributed by atoms with van der Waals surface area (Å²) in [6, 6.07) is 2.03. The average Bonchev–Trinajstić information content (AvgIpc) is 2.20. The van der Waals surface area contributed by atoms with E-state index in [1.807, 2.05) is 18.5 Å². The van der Waals surface area contributed by atoms with Crippen LogP contribution in [0.3, 0.4) is 0 Å². The molecule has 1 rings (SSSR count). The van der Waals surface area contributed by atoms with E-state index in [0.29, 0.717) is 0 Å². The number of aryl methyl sites for hydroxylation is 1. The Balaban J connectivity index is 2.97. The topological polar surface area (TPSA) is 12.9 Å². The molecule has 0 spiro atoms. The maximum atomic E-state index is 4.07. The van der Waals surface area contributed by atoms with E-state index in [4.69, 9.17) is 0 Å². The number of allylic oxidation sites excluding steroid dienone is 2. The fraction of sp³-hybridized carbons (Fsp3) is 0.308. The highest BCUT2D eigenvalue weighted by atomic mass is 14.6. The second-order valence-electron chi connectivity index (χ2n) is 3.52. The monoisotopic (exact) mass is 187 g/mol. The summed E-state index contributed by atoms with van der Waals surface area (Å²) in [5.74, 6) is 0. The van der Waals surface area contributed by atoms with Crippen LogP contribution >= 0.6 is 0 Å². The Labute approximate surface area is 86.2 Å². The molecule has 0 saturated carbocycles. The largest absolute Gasteiger partial charge is 0.264 e. The molecule has 1 aromatic heterocycles.